The van der Waals surface area contributed by atoms with E-state index < -0.39 is 0 Å². The number of amides is 1. The molecule has 3 atom stereocenters. The van der Waals surface area contributed by atoms with Crippen LogP contribution >= 0.6 is 0 Å². The lowest BCUT2D eigenvalue weighted by Gasteiger charge is -2.55. The molecule has 2 heterocycles. The number of nitrogens with one attached hydrogen (secondary N) is 1. The smallest absolute Gasteiger partial charge is 0.237 e. The number of likely N-dealkylation sites (N-methyl/N-ethyl adjacent to an activating group) is 1. The van der Waals surface area contributed by atoms with Crippen molar-refractivity contribution >= 4 is 5.91 Å². The van der Waals surface area contributed by atoms with Crippen LogP contribution in [0.2, 0.25) is 0 Å². The molecule has 0 bridgehead atoms. The zero-order valence-electron chi connectivity index (χ0n) is 15.9. The lowest BCUT2D eigenvalue weighted by atomic mass is 9.84. The van der Waals surface area contributed by atoms with E-state index in [-0.39, 0.29) is 35.4 Å². The van der Waals surface area contributed by atoms with E-state index >= 15 is 0 Å². The molecule has 2 aliphatic rings. The fraction of sp³-hybridized carbons (Fsp3) is 0.650. The minimum atomic E-state index is -0.386. The summed E-state index contributed by atoms with van der Waals surface area (Å²) in [6.07, 6.45) is 0.571. The molecule has 0 saturated carbocycles. The van der Waals surface area contributed by atoms with E-state index in [1.807, 2.05) is 18.2 Å². The predicted octanol–water partition coefficient (Wildman–Crippen LogP) is 2.35. The van der Waals surface area contributed by atoms with Crippen molar-refractivity contribution < 1.29 is 14.3 Å². The van der Waals surface area contributed by atoms with Gasteiger partial charge in [0.1, 0.15) is 0 Å². The molecule has 138 valence electrons. The van der Waals surface area contributed by atoms with Crippen molar-refractivity contribution in [2.45, 2.75) is 70.1 Å². The number of likely N-dealkylation sites (tertiary alicyclic amines) is 1. The standard InChI is InChI=1S/C20H30N2O3/c1-19(2)20(3,4)25-17-13-22(12-14-9-7-6-8-10-14)15(18(23)21-5)11-16(17)24-19/h6-10,15-17H,11-13H2,1-5H3,(H,21,23)/t15-,16+,17+/m0/s1. The molecule has 0 unspecified atom stereocenters. The van der Waals surface area contributed by atoms with Crippen LogP contribution in [-0.2, 0) is 20.8 Å². The first-order valence-corrected chi connectivity index (χ1v) is 9.09. The number of carbonyl (C=O) groups is 1. The van der Waals surface area contributed by atoms with E-state index in [2.05, 4.69) is 50.0 Å². The average molecular weight is 346 g/mol. The van der Waals surface area contributed by atoms with Gasteiger partial charge in [0, 0.05) is 26.6 Å². The van der Waals surface area contributed by atoms with Crippen LogP contribution in [0, 0.1) is 0 Å². The van der Waals surface area contributed by atoms with Crippen LogP contribution < -0.4 is 5.32 Å². The van der Waals surface area contributed by atoms with Crippen molar-refractivity contribution in [2.75, 3.05) is 13.6 Å². The summed E-state index contributed by atoms with van der Waals surface area (Å²) in [5.74, 6) is 0.0422. The van der Waals surface area contributed by atoms with Gasteiger partial charge in [0.05, 0.1) is 29.5 Å². The summed E-state index contributed by atoms with van der Waals surface area (Å²) < 4.78 is 12.8. The molecule has 1 amide bonds. The monoisotopic (exact) mass is 346 g/mol. The molecule has 1 aromatic rings. The van der Waals surface area contributed by atoms with E-state index in [4.69, 9.17) is 9.47 Å². The fourth-order valence-electron chi connectivity index (χ4n) is 3.71. The summed E-state index contributed by atoms with van der Waals surface area (Å²) in [7, 11) is 1.69. The van der Waals surface area contributed by atoms with Crippen LogP contribution in [0.4, 0.5) is 0 Å². The molecule has 0 aromatic heterocycles. The van der Waals surface area contributed by atoms with Crippen molar-refractivity contribution in [3.8, 4) is 0 Å². The Balaban J connectivity index is 1.82. The maximum atomic E-state index is 12.5. The zero-order chi connectivity index (χ0) is 18.2. The van der Waals surface area contributed by atoms with E-state index in [0.717, 1.165) is 6.54 Å². The van der Waals surface area contributed by atoms with Crippen molar-refractivity contribution in [1.82, 2.24) is 10.2 Å². The highest BCUT2D eigenvalue weighted by molar-refractivity contribution is 5.81. The largest absolute Gasteiger partial charge is 0.367 e. The number of benzene rings is 1. The van der Waals surface area contributed by atoms with Gasteiger partial charge in [0.15, 0.2) is 0 Å². The summed E-state index contributed by atoms with van der Waals surface area (Å²) in [5, 5.41) is 2.81. The van der Waals surface area contributed by atoms with Crippen molar-refractivity contribution in [3.05, 3.63) is 35.9 Å². The summed E-state index contributed by atoms with van der Waals surface area (Å²) in [4.78, 5) is 14.7. The van der Waals surface area contributed by atoms with E-state index in [9.17, 15) is 4.79 Å². The quantitative estimate of drug-likeness (QED) is 0.913. The van der Waals surface area contributed by atoms with Crippen LogP contribution in [-0.4, -0.2) is 53.9 Å². The molecular weight excluding hydrogens is 316 g/mol. The van der Waals surface area contributed by atoms with Gasteiger partial charge in [-0.05, 0) is 33.3 Å². The predicted molar refractivity (Wildman–Crippen MR) is 97.2 cm³/mol. The van der Waals surface area contributed by atoms with Gasteiger partial charge in [0.25, 0.3) is 0 Å². The third kappa shape index (κ3) is 3.59. The molecule has 2 saturated heterocycles. The normalized spacial score (nSPS) is 31.2. The Labute approximate surface area is 150 Å². The number of ether oxygens (including phenoxy) is 2. The molecule has 0 spiro atoms. The van der Waals surface area contributed by atoms with Gasteiger partial charge >= 0.3 is 0 Å². The van der Waals surface area contributed by atoms with E-state index in [0.29, 0.717) is 13.0 Å². The number of hydrogen-bond donors (Lipinski definition) is 1. The van der Waals surface area contributed by atoms with Crippen LogP contribution in [0.25, 0.3) is 0 Å². The lowest BCUT2D eigenvalue weighted by Crippen LogP contribution is -2.67. The number of carbonyl (C=O) groups excluding carboxylic acids is 1. The maximum absolute atomic E-state index is 12.5. The van der Waals surface area contributed by atoms with Crippen LogP contribution in [0.5, 0.6) is 0 Å². The van der Waals surface area contributed by atoms with Crippen molar-refractivity contribution in [2.24, 2.45) is 0 Å². The Morgan fingerprint density at radius 3 is 2.32 bits per heavy atom. The summed E-state index contributed by atoms with van der Waals surface area (Å²) >= 11 is 0. The first-order valence-electron chi connectivity index (χ1n) is 9.09. The second kappa shape index (κ2) is 6.71. The molecule has 3 rings (SSSR count). The molecule has 2 fully saturated rings. The molecular formula is C20H30N2O3. The minimum absolute atomic E-state index is 0.0207. The molecule has 1 N–H and O–H groups in total. The van der Waals surface area contributed by atoms with Gasteiger partial charge in [-0.15, -0.1) is 0 Å². The van der Waals surface area contributed by atoms with Gasteiger partial charge in [-0.2, -0.15) is 0 Å². The lowest BCUT2D eigenvalue weighted by molar-refractivity contribution is -0.308. The van der Waals surface area contributed by atoms with Crippen LogP contribution in [0.15, 0.2) is 30.3 Å². The number of piperidine rings is 1. The highest BCUT2D eigenvalue weighted by Crippen LogP contribution is 2.41. The molecule has 1 aromatic carbocycles. The topological polar surface area (TPSA) is 50.8 Å². The Morgan fingerprint density at radius 2 is 1.72 bits per heavy atom. The van der Waals surface area contributed by atoms with Crippen molar-refractivity contribution in [1.29, 1.82) is 0 Å². The van der Waals surface area contributed by atoms with Gasteiger partial charge in [-0.1, -0.05) is 30.3 Å². The summed E-state index contributed by atoms with van der Waals surface area (Å²) in [5.41, 5.74) is 0.446. The van der Waals surface area contributed by atoms with Gasteiger partial charge in [-0.25, -0.2) is 0 Å². The highest BCUT2D eigenvalue weighted by Gasteiger charge is 2.52. The third-order valence-corrected chi connectivity index (χ3v) is 5.84. The molecule has 5 nitrogen and oxygen atoms in total. The maximum Gasteiger partial charge on any atom is 0.237 e. The Morgan fingerprint density at radius 1 is 1.12 bits per heavy atom. The summed E-state index contributed by atoms with van der Waals surface area (Å²) in [6, 6.07) is 10.1. The van der Waals surface area contributed by atoms with Crippen LogP contribution in [0.3, 0.4) is 0 Å². The number of rotatable bonds is 3. The van der Waals surface area contributed by atoms with E-state index in [1.165, 1.54) is 5.56 Å². The SMILES string of the molecule is CNC(=O)[C@@H]1C[C@H]2OC(C)(C)C(C)(C)O[C@@H]2CN1Cc1ccccc1. The zero-order valence-corrected chi connectivity index (χ0v) is 15.9. The van der Waals surface area contributed by atoms with Crippen LogP contribution in [0.1, 0.15) is 39.7 Å². The second-order valence-corrected chi connectivity index (χ2v) is 8.11. The number of fused-ring (bicyclic) bond motifs is 1. The molecule has 2 aliphatic heterocycles. The summed E-state index contributed by atoms with van der Waals surface area (Å²) in [6.45, 7) is 9.71. The third-order valence-electron chi connectivity index (χ3n) is 5.84. The van der Waals surface area contributed by atoms with Crippen molar-refractivity contribution in [3.63, 3.8) is 0 Å². The number of hydrogen-bond acceptors (Lipinski definition) is 4. The fourth-order valence-corrected chi connectivity index (χ4v) is 3.71. The minimum Gasteiger partial charge on any atom is -0.367 e. The Hall–Kier alpha value is -1.43. The Kier molecular flexibility index (Phi) is 4.93. The van der Waals surface area contributed by atoms with Gasteiger partial charge < -0.3 is 14.8 Å². The van der Waals surface area contributed by atoms with Gasteiger partial charge in [-0.3, -0.25) is 9.69 Å². The first-order chi connectivity index (χ1) is 11.7. The number of nitrogens with zero attached hydrogens (tertiary/aromatic N) is 1. The molecule has 0 aliphatic carbocycles. The van der Waals surface area contributed by atoms with Gasteiger partial charge in [0.2, 0.25) is 5.91 Å². The second-order valence-electron chi connectivity index (χ2n) is 8.11. The highest BCUT2D eigenvalue weighted by atomic mass is 16.6. The molecule has 5 heteroatoms. The molecule has 0 radical (unpaired) electrons. The first kappa shape index (κ1) is 18.4. The molecule has 25 heavy (non-hydrogen) atoms. The van der Waals surface area contributed by atoms with E-state index in [1.54, 1.807) is 7.05 Å². The Bertz CT molecular complexity index is 615. The average Bonchev–Trinajstić information content (AvgIpc) is 2.55.